The van der Waals surface area contributed by atoms with Gasteiger partial charge in [-0.25, -0.2) is 0 Å². The van der Waals surface area contributed by atoms with Crippen molar-refractivity contribution in [3.05, 3.63) is 42.0 Å². The Kier molecular flexibility index (Phi) is 2.27. The van der Waals surface area contributed by atoms with Crippen molar-refractivity contribution in [1.29, 1.82) is 0 Å². The lowest BCUT2D eigenvalue weighted by Gasteiger charge is -2.09. The van der Waals surface area contributed by atoms with Crippen molar-refractivity contribution >= 4 is 22.5 Å². The fourth-order valence-corrected chi connectivity index (χ4v) is 2.86. The minimum atomic E-state index is -0.256. The molecule has 0 saturated heterocycles. The summed E-state index contributed by atoms with van der Waals surface area (Å²) in [5, 5.41) is 23.1. The standard InChI is InChI=1S/C16H12N2O3/c19-13-5-10-12(7-14(13)20)17-15(21)6-9-8-3-1-2-4-11(8)18-16(9)10/h1-5,7,18-20H,6H2,(H,17,21). The van der Waals surface area contributed by atoms with E-state index in [2.05, 4.69) is 10.3 Å². The van der Waals surface area contributed by atoms with E-state index in [1.54, 1.807) is 0 Å². The zero-order valence-corrected chi connectivity index (χ0v) is 11.0. The van der Waals surface area contributed by atoms with Crippen LogP contribution < -0.4 is 5.32 Å². The maximum absolute atomic E-state index is 12.1. The number of phenolic OH excluding ortho intramolecular Hbond substituents is 2. The average molecular weight is 280 g/mol. The van der Waals surface area contributed by atoms with Crippen molar-refractivity contribution in [3.63, 3.8) is 0 Å². The second-order valence-corrected chi connectivity index (χ2v) is 5.14. The second-order valence-electron chi connectivity index (χ2n) is 5.14. The monoisotopic (exact) mass is 280 g/mol. The number of hydrogen-bond acceptors (Lipinski definition) is 3. The van der Waals surface area contributed by atoms with E-state index in [0.717, 1.165) is 22.2 Å². The number of phenols is 2. The number of aromatic nitrogens is 1. The number of para-hydroxylation sites is 1. The maximum atomic E-state index is 12.1. The lowest BCUT2D eigenvalue weighted by Crippen LogP contribution is -2.12. The summed E-state index contributed by atoms with van der Waals surface area (Å²) >= 11 is 0. The topological polar surface area (TPSA) is 85.4 Å². The van der Waals surface area contributed by atoms with Crippen molar-refractivity contribution in [2.24, 2.45) is 0 Å². The fourth-order valence-electron chi connectivity index (χ4n) is 2.86. The fraction of sp³-hybridized carbons (Fsp3) is 0.0625. The summed E-state index contributed by atoms with van der Waals surface area (Å²) in [6.07, 6.45) is 0.246. The molecule has 2 heterocycles. The van der Waals surface area contributed by atoms with Gasteiger partial charge in [-0.05, 0) is 17.7 Å². The van der Waals surface area contributed by atoms with Gasteiger partial charge in [-0.2, -0.15) is 0 Å². The summed E-state index contributed by atoms with van der Waals surface area (Å²) in [5.74, 6) is -0.618. The van der Waals surface area contributed by atoms with E-state index in [1.165, 1.54) is 12.1 Å². The molecule has 1 aliphatic heterocycles. The molecule has 3 aromatic rings. The minimum absolute atomic E-state index is 0.148. The van der Waals surface area contributed by atoms with Crippen molar-refractivity contribution in [3.8, 4) is 22.8 Å². The first-order valence-electron chi connectivity index (χ1n) is 6.59. The molecular formula is C16H12N2O3. The number of fused-ring (bicyclic) bond motifs is 5. The predicted molar refractivity (Wildman–Crippen MR) is 79.4 cm³/mol. The number of aromatic hydroxyl groups is 2. The second kappa shape index (κ2) is 4.02. The first-order chi connectivity index (χ1) is 10.1. The average Bonchev–Trinajstić information content (AvgIpc) is 2.75. The van der Waals surface area contributed by atoms with Crippen molar-refractivity contribution in [1.82, 2.24) is 4.98 Å². The molecule has 0 saturated carbocycles. The molecule has 2 aromatic carbocycles. The Labute approximate surface area is 119 Å². The summed E-state index contributed by atoms with van der Waals surface area (Å²) in [6, 6.07) is 10.6. The number of carbonyl (C=O) groups is 1. The Hall–Kier alpha value is -2.95. The van der Waals surface area contributed by atoms with Crippen LogP contribution in [0.2, 0.25) is 0 Å². The summed E-state index contributed by atoms with van der Waals surface area (Å²) < 4.78 is 0. The van der Waals surface area contributed by atoms with Gasteiger partial charge in [0.15, 0.2) is 11.5 Å². The first kappa shape index (κ1) is 11.8. The summed E-state index contributed by atoms with van der Waals surface area (Å²) in [5.41, 5.74) is 3.78. The highest BCUT2D eigenvalue weighted by Gasteiger charge is 2.24. The number of amides is 1. The normalized spacial score (nSPS) is 13.4. The number of hydrogen-bond donors (Lipinski definition) is 4. The molecule has 1 aliphatic rings. The number of nitrogens with one attached hydrogen (secondary N) is 2. The SMILES string of the molecule is O=C1Cc2c([nH]c3ccccc23)-c2cc(O)c(O)cc2N1. The minimum Gasteiger partial charge on any atom is -0.504 e. The number of carbonyl (C=O) groups excluding carboxylic acids is 1. The largest absolute Gasteiger partial charge is 0.504 e. The van der Waals surface area contributed by atoms with Gasteiger partial charge < -0.3 is 20.5 Å². The van der Waals surface area contributed by atoms with Gasteiger partial charge in [0.1, 0.15) is 0 Å². The molecule has 5 nitrogen and oxygen atoms in total. The number of rotatable bonds is 0. The van der Waals surface area contributed by atoms with Crippen LogP contribution >= 0.6 is 0 Å². The third-order valence-corrected chi connectivity index (χ3v) is 3.81. The predicted octanol–water partition coefficient (Wildman–Crippen LogP) is 2.74. The zero-order valence-electron chi connectivity index (χ0n) is 11.0. The molecule has 0 spiro atoms. The Balaban J connectivity index is 2.10. The number of benzene rings is 2. The molecule has 0 radical (unpaired) electrons. The molecular weight excluding hydrogens is 268 g/mol. The van der Waals surface area contributed by atoms with E-state index >= 15 is 0 Å². The van der Waals surface area contributed by atoms with Gasteiger partial charge in [0.2, 0.25) is 5.91 Å². The zero-order chi connectivity index (χ0) is 14.6. The van der Waals surface area contributed by atoms with Crippen LogP contribution in [0.3, 0.4) is 0 Å². The molecule has 0 aliphatic carbocycles. The molecule has 0 bridgehead atoms. The molecule has 5 heteroatoms. The smallest absolute Gasteiger partial charge is 0.228 e. The van der Waals surface area contributed by atoms with Crippen LogP contribution in [0.4, 0.5) is 5.69 Å². The van der Waals surface area contributed by atoms with E-state index in [0.29, 0.717) is 11.3 Å². The van der Waals surface area contributed by atoms with Crippen molar-refractivity contribution in [2.45, 2.75) is 6.42 Å². The van der Waals surface area contributed by atoms with Crippen molar-refractivity contribution < 1.29 is 15.0 Å². The third-order valence-electron chi connectivity index (χ3n) is 3.81. The molecule has 0 atom stereocenters. The van der Waals surface area contributed by atoms with Crippen LogP contribution in [0.15, 0.2) is 36.4 Å². The molecule has 4 N–H and O–H groups in total. The van der Waals surface area contributed by atoms with E-state index in [4.69, 9.17) is 0 Å². The van der Waals surface area contributed by atoms with Gasteiger partial charge in [0, 0.05) is 22.5 Å². The first-order valence-corrected chi connectivity index (χ1v) is 6.59. The quantitative estimate of drug-likeness (QED) is 0.377. The van der Waals surface area contributed by atoms with Crippen molar-refractivity contribution in [2.75, 3.05) is 5.32 Å². The Morgan fingerprint density at radius 3 is 2.67 bits per heavy atom. The van der Waals surface area contributed by atoms with E-state index in [9.17, 15) is 15.0 Å². The van der Waals surface area contributed by atoms with Gasteiger partial charge in [0.05, 0.1) is 17.8 Å². The third kappa shape index (κ3) is 1.67. The van der Waals surface area contributed by atoms with Gasteiger partial charge in [-0.3, -0.25) is 4.79 Å². The lowest BCUT2D eigenvalue weighted by atomic mass is 10.0. The summed E-state index contributed by atoms with van der Waals surface area (Å²) in [7, 11) is 0. The highest BCUT2D eigenvalue weighted by atomic mass is 16.3. The van der Waals surface area contributed by atoms with E-state index < -0.39 is 0 Å². The number of anilines is 1. The Bertz CT molecular complexity index is 896. The van der Waals surface area contributed by atoms with E-state index in [1.807, 2.05) is 24.3 Å². The number of H-pyrrole nitrogens is 1. The Morgan fingerprint density at radius 1 is 1.05 bits per heavy atom. The van der Waals surface area contributed by atoms with Gasteiger partial charge in [-0.1, -0.05) is 18.2 Å². The molecule has 21 heavy (non-hydrogen) atoms. The van der Waals surface area contributed by atoms with Crippen LogP contribution in [0, 0.1) is 0 Å². The highest BCUT2D eigenvalue weighted by Crippen LogP contribution is 2.42. The maximum Gasteiger partial charge on any atom is 0.228 e. The highest BCUT2D eigenvalue weighted by molar-refractivity contribution is 6.05. The van der Waals surface area contributed by atoms with Crippen LogP contribution in [-0.2, 0) is 11.2 Å². The van der Waals surface area contributed by atoms with Gasteiger partial charge in [-0.15, -0.1) is 0 Å². The summed E-state index contributed by atoms with van der Waals surface area (Å²) in [6.45, 7) is 0. The summed E-state index contributed by atoms with van der Waals surface area (Å²) in [4.78, 5) is 15.4. The molecule has 0 unspecified atom stereocenters. The van der Waals surface area contributed by atoms with Gasteiger partial charge in [0.25, 0.3) is 0 Å². The van der Waals surface area contributed by atoms with Crippen LogP contribution in [0.25, 0.3) is 22.2 Å². The molecule has 104 valence electrons. The van der Waals surface area contributed by atoms with Gasteiger partial charge >= 0.3 is 0 Å². The van der Waals surface area contributed by atoms with Crippen LogP contribution in [0.5, 0.6) is 11.5 Å². The van der Waals surface area contributed by atoms with E-state index in [-0.39, 0.29) is 23.8 Å². The molecule has 0 fully saturated rings. The lowest BCUT2D eigenvalue weighted by molar-refractivity contribution is -0.115. The molecule has 1 aromatic heterocycles. The number of aromatic amines is 1. The molecule has 4 rings (SSSR count). The Morgan fingerprint density at radius 2 is 1.81 bits per heavy atom. The van der Waals surface area contributed by atoms with Crippen LogP contribution in [0.1, 0.15) is 5.56 Å². The van der Waals surface area contributed by atoms with Crippen LogP contribution in [-0.4, -0.2) is 21.1 Å². The molecule has 1 amide bonds.